The number of carbonyl (C=O) groups excluding carboxylic acids is 2. The van der Waals surface area contributed by atoms with E-state index in [2.05, 4.69) is 28.9 Å². The Balaban J connectivity index is 1.56. The highest BCUT2D eigenvalue weighted by atomic mass is 32.2. The number of hydrogen-bond acceptors (Lipinski definition) is 6. The summed E-state index contributed by atoms with van der Waals surface area (Å²) in [5.74, 6) is -1.39. The maximum Gasteiger partial charge on any atom is 0.254 e. The number of nitrogens with one attached hydrogen (secondary N) is 3. The van der Waals surface area contributed by atoms with E-state index in [1.807, 2.05) is 24.3 Å². The number of furan rings is 1. The van der Waals surface area contributed by atoms with Crippen LogP contribution in [0.15, 0.2) is 93.2 Å². The van der Waals surface area contributed by atoms with Crippen LogP contribution in [-0.2, 0) is 16.0 Å². The minimum Gasteiger partial charge on any atom is -0.468 e. The van der Waals surface area contributed by atoms with Crippen LogP contribution < -0.4 is 16.0 Å². The number of hydrogen-bond donors (Lipinski definition) is 3. The molecule has 2 aromatic carbocycles. The molecule has 1 aliphatic rings. The van der Waals surface area contributed by atoms with Gasteiger partial charge in [0.15, 0.2) is 0 Å². The van der Waals surface area contributed by atoms with Crippen molar-refractivity contribution in [1.29, 1.82) is 5.26 Å². The lowest BCUT2D eigenvalue weighted by atomic mass is 9.85. The normalized spacial score (nSPS) is 15.1. The highest BCUT2D eigenvalue weighted by molar-refractivity contribution is 8.03. The molecule has 0 radical (unpaired) electrons. The van der Waals surface area contributed by atoms with Gasteiger partial charge in [0, 0.05) is 17.1 Å². The molecule has 37 heavy (non-hydrogen) atoms. The number of anilines is 2. The number of amides is 2. The topological polar surface area (TPSA) is 107 Å². The lowest BCUT2D eigenvalue weighted by Crippen LogP contribution is -2.31. The molecular weight excluding hydrogens is 491 g/mol. The van der Waals surface area contributed by atoms with Crippen molar-refractivity contribution in [2.45, 2.75) is 26.2 Å². The number of nitriles is 1. The van der Waals surface area contributed by atoms with Gasteiger partial charge in [-0.25, -0.2) is 4.39 Å². The van der Waals surface area contributed by atoms with Gasteiger partial charge in [-0.1, -0.05) is 30.8 Å². The number of aryl methyl sites for hydroxylation is 1. The van der Waals surface area contributed by atoms with Crippen LogP contribution >= 0.6 is 11.8 Å². The molecule has 0 saturated heterocycles. The number of carbonyl (C=O) groups is 2. The third kappa shape index (κ3) is 6.11. The average Bonchev–Trinajstić information content (AvgIpc) is 3.43. The van der Waals surface area contributed by atoms with Crippen molar-refractivity contribution in [1.82, 2.24) is 5.32 Å². The summed E-state index contributed by atoms with van der Waals surface area (Å²) in [5, 5.41) is 19.3. The minimum absolute atomic E-state index is 0.00560. The van der Waals surface area contributed by atoms with Crippen LogP contribution in [0.4, 0.5) is 15.8 Å². The van der Waals surface area contributed by atoms with Crippen molar-refractivity contribution in [2.24, 2.45) is 0 Å². The summed E-state index contributed by atoms with van der Waals surface area (Å²) < 4.78 is 18.8. The Bertz CT molecular complexity index is 1390. The molecule has 0 unspecified atom stereocenters. The first-order valence-corrected chi connectivity index (χ1v) is 12.6. The molecule has 188 valence electrons. The van der Waals surface area contributed by atoms with Crippen LogP contribution in [-0.4, -0.2) is 17.6 Å². The second-order valence-electron chi connectivity index (χ2n) is 8.32. The van der Waals surface area contributed by atoms with E-state index in [-0.39, 0.29) is 23.1 Å². The van der Waals surface area contributed by atoms with E-state index in [1.165, 1.54) is 30.5 Å². The highest BCUT2D eigenvalue weighted by Gasteiger charge is 2.36. The quantitative estimate of drug-likeness (QED) is 0.355. The molecule has 9 heteroatoms. The number of allylic oxidation sites excluding steroid dienone is 2. The fourth-order valence-corrected chi connectivity index (χ4v) is 4.85. The maximum absolute atomic E-state index is 13.4. The molecular formula is C28H25FN4O3S. The zero-order chi connectivity index (χ0) is 26.4. The molecule has 0 spiro atoms. The van der Waals surface area contributed by atoms with Gasteiger partial charge in [-0.2, -0.15) is 5.26 Å². The van der Waals surface area contributed by atoms with Crippen LogP contribution in [0.1, 0.15) is 31.1 Å². The molecule has 1 aliphatic heterocycles. The van der Waals surface area contributed by atoms with E-state index in [0.29, 0.717) is 33.4 Å². The monoisotopic (exact) mass is 516 g/mol. The van der Waals surface area contributed by atoms with Crippen LogP contribution in [0.25, 0.3) is 0 Å². The van der Waals surface area contributed by atoms with Crippen molar-refractivity contribution in [3.63, 3.8) is 0 Å². The molecule has 3 N–H and O–H groups in total. The number of halogens is 1. The van der Waals surface area contributed by atoms with Crippen LogP contribution in [0.5, 0.6) is 0 Å². The predicted molar refractivity (Wildman–Crippen MR) is 142 cm³/mol. The number of nitrogens with zero attached hydrogens (tertiary/aromatic N) is 1. The third-order valence-corrected chi connectivity index (χ3v) is 6.83. The van der Waals surface area contributed by atoms with Crippen molar-refractivity contribution in [3.05, 3.63) is 106 Å². The van der Waals surface area contributed by atoms with E-state index in [0.717, 1.165) is 23.7 Å². The standard InChI is InChI=1S/C28H25FN4O3S/c1-3-18-6-10-21(11-7-18)33-27(35)25-17(2)31-28(22(15-30)26(25)23-5-4-14-36-23)37-16-24(34)32-20-12-8-19(29)9-13-20/h4-14,26,31H,3,16H2,1-2H3,(H,32,34)(H,33,35)/t26-/m0/s1. The smallest absolute Gasteiger partial charge is 0.254 e. The second kappa shape index (κ2) is 11.6. The van der Waals surface area contributed by atoms with Gasteiger partial charge >= 0.3 is 0 Å². The van der Waals surface area contributed by atoms with E-state index in [9.17, 15) is 19.2 Å². The summed E-state index contributed by atoms with van der Waals surface area (Å²) in [7, 11) is 0. The molecule has 1 atom stereocenters. The minimum atomic E-state index is -0.751. The SMILES string of the molecule is CCc1ccc(NC(=O)C2=C(C)NC(SCC(=O)Nc3ccc(F)cc3)=C(C#N)[C@H]2c2ccco2)cc1. The molecule has 2 heterocycles. The summed E-state index contributed by atoms with van der Waals surface area (Å²) in [4.78, 5) is 25.9. The Labute approximate surface area is 218 Å². The zero-order valence-corrected chi connectivity index (χ0v) is 21.1. The molecule has 3 aromatic rings. The van der Waals surface area contributed by atoms with Gasteiger partial charge in [0.2, 0.25) is 5.91 Å². The summed E-state index contributed by atoms with van der Waals surface area (Å²) >= 11 is 1.14. The van der Waals surface area contributed by atoms with Crippen molar-refractivity contribution < 1.29 is 18.4 Å². The molecule has 0 saturated carbocycles. The first kappa shape index (κ1) is 25.8. The molecule has 0 aliphatic carbocycles. The Morgan fingerprint density at radius 2 is 1.76 bits per heavy atom. The Morgan fingerprint density at radius 1 is 1.08 bits per heavy atom. The molecule has 7 nitrogen and oxygen atoms in total. The zero-order valence-electron chi connectivity index (χ0n) is 20.3. The van der Waals surface area contributed by atoms with Gasteiger partial charge < -0.3 is 20.4 Å². The van der Waals surface area contributed by atoms with Gasteiger partial charge in [0.1, 0.15) is 11.6 Å². The predicted octanol–water partition coefficient (Wildman–Crippen LogP) is 5.69. The Kier molecular flexibility index (Phi) is 8.11. The third-order valence-electron chi connectivity index (χ3n) is 5.82. The summed E-state index contributed by atoms with van der Waals surface area (Å²) in [5.41, 5.74) is 3.43. The van der Waals surface area contributed by atoms with Crippen molar-refractivity contribution in [2.75, 3.05) is 16.4 Å². The fourth-order valence-electron chi connectivity index (χ4n) is 3.96. The Hall–Kier alpha value is -4.29. The average molecular weight is 517 g/mol. The number of rotatable bonds is 8. The van der Waals surface area contributed by atoms with Crippen molar-refractivity contribution >= 4 is 35.0 Å². The second-order valence-corrected chi connectivity index (χ2v) is 9.30. The maximum atomic E-state index is 13.4. The molecule has 0 bridgehead atoms. The summed E-state index contributed by atoms with van der Waals surface area (Å²) in [6.45, 7) is 3.81. The Morgan fingerprint density at radius 3 is 2.38 bits per heavy atom. The largest absolute Gasteiger partial charge is 0.468 e. The van der Waals surface area contributed by atoms with Gasteiger partial charge in [-0.15, -0.1) is 0 Å². The van der Waals surface area contributed by atoms with Gasteiger partial charge in [0.25, 0.3) is 5.91 Å². The van der Waals surface area contributed by atoms with Crippen LogP contribution in [0.2, 0.25) is 0 Å². The lowest BCUT2D eigenvalue weighted by molar-refractivity contribution is -0.114. The van der Waals surface area contributed by atoms with E-state index in [1.54, 1.807) is 19.1 Å². The number of dihydropyridines is 1. The number of thioether (sulfide) groups is 1. The first-order valence-electron chi connectivity index (χ1n) is 11.6. The highest BCUT2D eigenvalue weighted by Crippen LogP contribution is 2.41. The summed E-state index contributed by atoms with van der Waals surface area (Å²) in [6, 6.07) is 18.7. The molecule has 1 aromatic heterocycles. The van der Waals surface area contributed by atoms with Gasteiger partial charge in [-0.3, -0.25) is 9.59 Å². The van der Waals surface area contributed by atoms with Crippen LogP contribution in [0.3, 0.4) is 0 Å². The fraction of sp³-hybridized carbons (Fsp3) is 0.179. The van der Waals surface area contributed by atoms with Gasteiger partial charge in [-0.05, 0) is 67.4 Å². The molecule has 2 amide bonds. The van der Waals surface area contributed by atoms with Crippen LogP contribution in [0, 0.1) is 17.1 Å². The molecule has 4 rings (SSSR count). The van der Waals surface area contributed by atoms with E-state index in [4.69, 9.17) is 4.42 Å². The summed E-state index contributed by atoms with van der Waals surface area (Å²) in [6.07, 6.45) is 2.38. The molecule has 0 fully saturated rings. The van der Waals surface area contributed by atoms with Crippen molar-refractivity contribution in [3.8, 4) is 6.07 Å². The number of benzene rings is 2. The first-order chi connectivity index (χ1) is 17.9. The van der Waals surface area contributed by atoms with E-state index < -0.39 is 11.7 Å². The van der Waals surface area contributed by atoms with Gasteiger partial charge in [0.05, 0.1) is 40.2 Å². The lowest BCUT2D eigenvalue weighted by Gasteiger charge is -2.28. The van der Waals surface area contributed by atoms with E-state index >= 15 is 0 Å².